The molecule has 196 valence electrons. The fraction of sp³-hybridized carbons (Fsp3) is 0.323. The van der Waals surface area contributed by atoms with Gasteiger partial charge in [0.15, 0.2) is 0 Å². The van der Waals surface area contributed by atoms with Gasteiger partial charge in [-0.2, -0.15) is 0 Å². The van der Waals surface area contributed by atoms with Crippen LogP contribution < -0.4 is 0 Å². The van der Waals surface area contributed by atoms with E-state index in [1.165, 1.54) is 19.1 Å². The Morgan fingerprint density at radius 2 is 1.38 bits per heavy atom. The SMILES string of the molecule is C=C(C)C(=O)OCc1cc(CCCO)ccc1-c1cc(F)c(-c2ccc(CCCCC)cc2F)cc1F. The van der Waals surface area contributed by atoms with E-state index in [0.29, 0.717) is 24.0 Å². The molecule has 0 fully saturated rings. The summed E-state index contributed by atoms with van der Waals surface area (Å²) in [5, 5.41) is 9.14. The van der Waals surface area contributed by atoms with Crippen LogP contribution in [0, 0.1) is 17.5 Å². The molecule has 0 bridgehead atoms. The molecule has 3 rings (SSSR count). The predicted molar refractivity (Wildman–Crippen MR) is 140 cm³/mol. The molecule has 0 saturated carbocycles. The molecule has 6 heteroatoms. The molecule has 0 spiro atoms. The van der Waals surface area contributed by atoms with Crippen molar-refractivity contribution >= 4 is 5.97 Å². The second kappa shape index (κ2) is 13.2. The van der Waals surface area contributed by atoms with E-state index in [9.17, 15) is 9.18 Å². The van der Waals surface area contributed by atoms with Crippen LogP contribution in [0.2, 0.25) is 0 Å². The van der Waals surface area contributed by atoms with Crippen LogP contribution in [0.15, 0.2) is 60.7 Å². The first-order chi connectivity index (χ1) is 17.7. The first-order valence-electron chi connectivity index (χ1n) is 12.6. The Hall–Kier alpha value is -3.38. The number of carbonyl (C=O) groups is 1. The number of hydrogen-bond donors (Lipinski definition) is 1. The normalized spacial score (nSPS) is 11.0. The molecule has 3 aromatic carbocycles. The molecule has 3 aromatic rings. The quantitative estimate of drug-likeness (QED) is 0.154. The number of ether oxygens (including phenoxy) is 1. The summed E-state index contributed by atoms with van der Waals surface area (Å²) < 4.78 is 50.8. The molecule has 0 aliphatic carbocycles. The highest BCUT2D eigenvalue weighted by molar-refractivity contribution is 5.87. The van der Waals surface area contributed by atoms with Crippen LogP contribution >= 0.6 is 0 Å². The molecule has 0 atom stereocenters. The number of carbonyl (C=O) groups excluding carboxylic acids is 1. The zero-order valence-corrected chi connectivity index (χ0v) is 21.4. The monoisotopic (exact) mass is 510 g/mol. The smallest absolute Gasteiger partial charge is 0.333 e. The first-order valence-corrected chi connectivity index (χ1v) is 12.6. The lowest BCUT2D eigenvalue weighted by molar-refractivity contribution is -0.140. The Morgan fingerprint density at radius 3 is 1.97 bits per heavy atom. The number of rotatable bonds is 12. The van der Waals surface area contributed by atoms with E-state index < -0.39 is 23.4 Å². The van der Waals surface area contributed by atoms with Crippen molar-refractivity contribution in [2.24, 2.45) is 0 Å². The lowest BCUT2D eigenvalue weighted by atomic mass is 9.93. The summed E-state index contributed by atoms with van der Waals surface area (Å²) in [5.74, 6) is -2.68. The van der Waals surface area contributed by atoms with Crippen LogP contribution in [0.4, 0.5) is 13.2 Å². The van der Waals surface area contributed by atoms with Gasteiger partial charge in [0.05, 0.1) is 0 Å². The molecular formula is C31H33F3O3. The van der Waals surface area contributed by atoms with Gasteiger partial charge >= 0.3 is 5.97 Å². The standard InChI is InChI=1S/C31H33F3O3/c1-4-5-6-8-22-11-13-25(28(32)16-22)27-18-29(33)26(17-30(27)34)24-12-10-21(9-7-14-35)15-23(24)19-37-31(36)20(2)3/h10-13,15-18,35H,2,4-9,14,19H2,1,3H3. The summed E-state index contributed by atoms with van der Waals surface area (Å²) in [6.07, 6.45) is 4.87. The number of aliphatic hydroxyl groups is 1. The lowest BCUT2D eigenvalue weighted by Gasteiger charge is -2.15. The minimum absolute atomic E-state index is 0.00263. The van der Waals surface area contributed by atoms with Crippen molar-refractivity contribution in [2.45, 2.75) is 59.0 Å². The Labute approximate surface area is 216 Å². The van der Waals surface area contributed by atoms with Crippen molar-refractivity contribution < 1.29 is 27.8 Å². The fourth-order valence-corrected chi connectivity index (χ4v) is 4.21. The van der Waals surface area contributed by atoms with Gasteiger partial charge in [0.1, 0.15) is 24.1 Å². The first kappa shape index (κ1) is 28.2. The molecule has 37 heavy (non-hydrogen) atoms. The molecule has 0 radical (unpaired) electrons. The summed E-state index contributed by atoms with van der Waals surface area (Å²) in [6, 6.07) is 11.8. The van der Waals surface area contributed by atoms with Gasteiger partial charge in [-0.3, -0.25) is 0 Å². The molecule has 0 unspecified atom stereocenters. The summed E-state index contributed by atoms with van der Waals surface area (Å²) in [4.78, 5) is 11.9. The fourth-order valence-electron chi connectivity index (χ4n) is 4.21. The van der Waals surface area contributed by atoms with Gasteiger partial charge in [0.25, 0.3) is 0 Å². The van der Waals surface area contributed by atoms with Crippen LogP contribution in [0.3, 0.4) is 0 Å². The number of esters is 1. The second-order valence-electron chi connectivity index (χ2n) is 9.26. The van der Waals surface area contributed by atoms with Crippen LogP contribution in [-0.4, -0.2) is 17.7 Å². The van der Waals surface area contributed by atoms with Crippen molar-refractivity contribution in [1.82, 2.24) is 0 Å². The average molecular weight is 511 g/mol. The molecule has 0 saturated heterocycles. The van der Waals surface area contributed by atoms with Crippen molar-refractivity contribution in [3.63, 3.8) is 0 Å². The maximum atomic E-state index is 15.4. The third-order valence-corrected chi connectivity index (χ3v) is 6.24. The average Bonchev–Trinajstić information content (AvgIpc) is 2.87. The third-order valence-electron chi connectivity index (χ3n) is 6.24. The Kier molecular flexibility index (Phi) is 10.1. The van der Waals surface area contributed by atoms with Crippen molar-refractivity contribution in [2.75, 3.05) is 6.61 Å². The molecule has 0 aromatic heterocycles. The van der Waals surface area contributed by atoms with E-state index in [1.807, 2.05) is 0 Å². The van der Waals surface area contributed by atoms with E-state index in [0.717, 1.165) is 48.9 Å². The van der Waals surface area contributed by atoms with Crippen LogP contribution in [0.5, 0.6) is 0 Å². The van der Waals surface area contributed by atoms with Gasteiger partial charge in [-0.25, -0.2) is 18.0 Å². The highest BCUT2D eigenvalue weighted by atomic mass is 19.1. The summed E-state index contributed by atoms with van der Waals surface area (Å²) >= 11 is 0. The largest absolute Gasteiger partial charge is 0.457 e. The molecule has 0 amide bonds. The topological polar surface area (TPSA) is 46.5 Å². The zero-order valence-electron chi connectivity index (χ0n) is 21.4. The third kappa shape index (κ3) is 7.32. The minimum atomic E-state index is -0.761. The summed E-state index contributed by atoms with van der Waals surface area (Å²) in [7, 11) is 0. The zero-order chi connectivity index (χ0) is 26.9. The van der Waals surface area contributed by atoms with Crippen molar-refractivity contribution in [3.05, 3.63) is 94.8 Å². The van der Waals surface area contributed by atoms with E-state index in [4.69, 9.17) is 9.84 Å². The molecular weight excluding hydrogens is 477 g/mol. The number of halogens is 3. The summed E-state index contributed by atoms with van der Waals surface area (Å²) in [5.41, 5.74) is 2.56. The number of benzene rings is 3. The van der Waals surface area contributed by atoms with E-state index >= 15 is 8.78 Å². The van der Waals surface area contributed by atoms with Crippen molar-refractivity contribution in [1.29, 1.82) is 0 Å². The maximum Gasteiger partial charge on any atom is 0.333 e. The highest BCUT2D eigenvalue weighted by Gasteiger charge is 2.19. The van der Waals surface area contributed by atoms with Gasteiger partial charge in [-0.05, 0) is 73.1 Å². The van der Waals surface area contributed by atoms with E-state index in [1.54, 1.807) is 24.3 Å². The molecule has 0 aliphatic heterocycles. The highest BCUT2D eigenvalue weighted by Crippen LogP contribution is 2.34. The van der Waals surface area contributed by atoms with Gasteiger partial charge in [0.2, 0.25) is 0 Å². The number of aliphatic hydroxyl groups excluding tert-OH is 1. The van der Waals surface area contributed by atoms with Gasteiger partial charge in [-0.15, -0.1) is 0 Å². The van der Waals surface area contributed by atoms with Crippen molar-refractivity contribution in [3.8, 4) is 22.3 Å². The predicted octanol–water partition coefficient (Wildman–Crippen LogP) is 7.71. The van der Waals surface area contributed by atoms with Crippen LogP contribution in [0.1, 0.15) is 56.2 Å². The Bertz CT molecular complexity index is 1270. The number of unbranched alkanes of at least 4 members (excludes halogenated alkanes) is 2. The second-order valence-corrected chi connectivity index (χ2v) is 9.26. The van der Waals surface area contributed by atoms with Crippen LogP contribution in [-0.2, 0) is 29.0 Å². The Morgan fingerprint density at radius 1 is 0.811 bits per heavy atom. The maximum absolute atomic E-state index is 15.4. The molecule has 0 heterocycles. The number of hydrogen-bond acceptors (Lipinski definition) is 3. The van der Waals surface area contributed by atoms with Gasteiger partial charge in [0, 0.05) is 28.9 Å². The van der Waals surface area contributed by atoms with Crippen LogP contribution in [0.25, 0.3) is 22.3 Å². The van der Waals surface area contributed by atoms with E-state index in [-0.39, 0.29) is 35.5 Å². The number of aryl methyl sites for hydroxylation is 2. The summed E-state index contributed by atoms with van der Waals surface area (Å²) in [6.45, 7) is 7.02. The molecule has 3 nitrogen and oxygen atoms in total. The van der Waals surface area contributed by atoms with Gasteiger partial charge in [-0.1, -0.05) is 56.7 Å². The Balaban J connectivity index is 1.97. The molecule has 1 N–H and O–H groups in total. The lowest BCUT2D eigenvalue weighted by Crippen LogP contribution is -2.07. The van der Waals surface area contributed by atoms with Gasteiger partial charge < -0.3 is 9.84 Å². The minimum Gasteiger partial charge on any atom is -0.457 e. The molecule has 0 aliphatic rings. The van der Waals surface area contributed by atoms with E-state index in [2.05, 4.69) is 13.5 Å².